The van der Waals surface area contributed by atoms with Crippen molar-refractivity contribution in [1.82, 2.24) is 39.7 Å². The molecule has 3 atom stereocenters. The smallest absolute Gasteiger partial charge is 0.245 e. The normalized spacial score (nSPS) is 24.6. The van der Waals surface area contributed by atoms with E-state index < -0.39 is 23.3 Å². The molecule has 0 bridgehead atoms. The third-order valence-corrected chi connectivity index (χ3v) is 7.31. The first kappa shape index (κ1) is 24.1. The van der Waals surface area contributed by atoms with Gasteiger partial charge in [-0.2, -0.15) is 0 Å². The minimum absolute atomic E-state index is 0.141. The van der Waals surface area contributed by atoms with Crippen molar-refractivity contribution in [2.75, 3.05) is 25.4 Å². The van der Waals surface area contributed by atoms with Crippen LogP contribution in [-0.4, -0.2) is 88.2 Å². The molecule has 0 saturated carbocycles. The summed E-state index contributed by atoms with van der Waals surface area (Å²) in [4.78, 5) is 46.3. The average Bonchev–Trinajstić information content (AvgIpc) is 3.49. The quantitative estimate of drug-likeness (QED) is 0.376. The van der Waals surface area contributed by atoms with Gasteiger partial charge in [0.1, 0.15) is 17.9 Å². The number of rotatable bonds is 5. The number of nitrogens with zero attached hydrogens (tertiary/aromatic N) is 6. The van der Waals surface area contributed by atoms with Crippen LogP contribution >= 0.6 is 0 Å². The van der Waals surface area contributed by atoms with E-state index >= 15 is 0 Å². The van der Waals surface area contributed by atoms with Crippen LogP contribution in [-0.2, 0) is 20.7 Å². The van der Waals surface area contributed by atoms with Crippen molar-refractivity contribution in [3.8, 4) is 0 Å². The minimum Gasteiger partial charge on any atom is -0.388 e. The van der Waals surface area contributed by atoms with Crippen molar-refractivity contribution in [2.24, 2.45) is 0 Å². The van der Waals surface area contributed by atoms with Gasteiger partial charge in [-0.05, 0) is 19.8 Å². The number of amides is 2. The molecule has 2 fully saturated rings. The predicted molar refractivity (Wildman–Crippen MR) is 128 cm³/mol. The van der Waals surface area contributed by atoms with Crippen molar-refractivity contribution >= 4 is 28.8 Å². The molecule has 192 valence electrons. The van der Waals surface area contributed by atoms with Crippen molar-refractivity contribution in [2.45, 2.75) is 62.8 Å². The second-order valence-electron chi connectivity index (χ2n) is 9.99. The molecule has 1 spiro atoms. The Bertz CT molecular complexity index is 1250. The largest absolute Gasteiger partial charge is 0.388 e. The molecule has 5 heterocycles. The molecule has 0 unspecified atom stereocenters. The summed E-state index contributed by atoms with van der Waals surface area (Å²) < 4.78 is 8.19. The van der Waals surface area contributed by atoms with E-state index in [9.17, 15) is 14.7 Å². The Labute approximate surface area is 207 Å². The Balaban J connectivity index is 1.26. The fraction of sp³-hybridized carbons (Fsp3) is 0.565. The topological polar surface area (TPSA) is 177 Å². The zero-order chi connectivity index (χ0) is 25.5. The molecule has 0 aliphatic carbocycles. The lowest BCUT2D eigenvalue weighted by atomic mass is 9.75. The van der Waals surface area contributed by atoms with Crippen molar-refractivity contribution in [1.29, 1.82) is 0 Å². The Hall–Kier alpha value is -3.58. The van der Waals surface area contributed by atoms with Crippen LogP contribution in [0.4, 0.5) is 5.82 Å². The lowest BCUT2D eigenvalue weighted by Crippen LogP contribution is -2.59. The molecule has 3 aromatic rings. The summed E-state index contributed by atoms with van der Waals surface area (Å²) in [7, 11) is 0. The third kappa shape index (κ3) is 4.51. The molecule has 5 rings (SSSR count). The van der Waals surface area contributed by atoms with Gasteiger partial charge in [0.15, 0.2) is 11.5 Å². The first-order valence-electron chi connectivity index (χ1n) is 12.0. The number of carbonyl (C=O) groups is 2. The van der Waals surface area contributed by atoms with E-state index in [1.54, 1.807) is 35.2 Å². The van der Waals surface area contributed by atoms with Crippen LogP contribution in [0.15, 0.2) is 25.2 Å². The fourth-order valence-corrected chi connectivity index (χ4v) is 5.47. The highest BCUT2D eigenvalue weighted by atomic mass is 16.5. The number of aliphatic hydroxyl groups is 1. The molecule has 13 heteroatoms. The summed E-state index contributed by atoms with van der Waals surface area (Å²) in [6, 6.07) is -1.08. The highest BCUT2D eigenvalue weighted by Crippen LogP contribution is 2.44. The van der Waals surface area contributed by atoms with Crippen molar-refractivity contribution in [3.63, 3.8) is 0 Å². The maximum atomic E-state index is 13.3. The van der Waals surface area contributed by atoms with Crippen LogP contribution in [0.2, 0.25) is 0 Å². The Morgan fingerprint density at radius 3 is 2.78 bits per heavy atom. The molecule has 5 N–H and O–H groups in total. The molecular formula is C23H31N9O4. The highest BCUT2D eigenvalue weighted by Gasteiger charge is 2.50. The summed E-state index contributed by atoms with van der Waals surface area (Å²) in [6.07, 6.45) is 8.07. The molecule has 36 heavy (non-hydrogen) atoms. The third-order valence-electron chi connectivity index (χ3n) is 7.31. The van der Waals surface area contributed by atoms with E-state index in [-0.39, 0.29) is 24.2 Å². The zero-order valence-electron chi connectivity index (χ0n) is 20.3. The van der Waals surface area contributed by atoms with Gasteiger partial charge in [-0.3, -0.25) is 9.59 Å². The van der Waals surface area contributed by atoms with E-state index in [2.05, 4.69) is 30.2 Å². The summed E-state index contributed by atoms with van der Waals surface area (Å²) in [6.45, 7) is 4.40. The molecule has 2 amide bonds. The lowest BCUT2D eigenvalue weighted by Gasteiger charge is -2.51. The van der Waals surface area contributed by atoms with Crippen molar-refractivity contribution < 1.29 is 19.4 Å². The number of piperidine rings is 1. The van der Waals surface area contributed by atoms with E-state index in [0.717, 1.165) is 5.69 Å². The number of ether oxygens (including phenoxy) is 1. The van der Waals surface area contributed by atoms with Gasteiger partial charge in [0, 0.05) is 44.7 Å². The van der Waals surface area contributed by atoms with Gasteiger partial charge in [0.2, 0.25) is 11.8 Å². The molecule has 3 aromatic heterocycles. The van der Waals surface area contributed by atoms with Gasteiger partial charge < -0.3 is 35.3 Å². The number of hydrogen-bond acceptors (Lipinski definition) is 9. The Kier molecular flexibility index (Phi) is 6.12. The number of carbonyl (C=O) groups excluding carboxylic acids is 2. The summed E-state index contributed by atoms with van der Waals surface area (Å²) in [5, 5.41) is 14.3. The van der Waals surface area contributed by atoms with Crippen LogP contribution in [0.1, 0.15) is 44.8 Å². The van der Waals surface area contributed by atoms with Gasteiger partial charge in [-0.25, -0.2) is 19.9 Å². The van der Waals surface area contributed by atoms with Crippen LogP contribution in [0, 0.1) is 0 Å². The van der Waals surface area contributed by atoms with Gasteiger partial charge >= 0.3 is 0 Å². The number of aromatic amines is 1. The second-order valence-corrected chi connectivity index (χ2v) is 9.99. The number of imidazole rings is 2. The number of aromatic nitrogens is 6. The molecule has 0 aromatic carbocycles. The number of H-pyrrole nitrogens is 1. The first-order valence-corrected chi connectivity index (χ1v) is 12.0. The molecular weight excluding hydrogens is 466 g/mol. The van der Waals surface area contributed by atoms with Gasteiger partial charge in [0.25, 0.3) is 0 Å². The Morgan fingerprint density at radius 1 is 1.33 bits per heavy atom. The average molecular weight is 498 g/mol. The van der Waals surface area contributed by atoms with Gasteiger partial charge in [0.05, 0.1) is 36.5 Å². The van der Waals surface area contributed by atoms with Crippen LogP contribution in [0.3, 0.4) is 0 Å². The van der Waals surface area contributed by atoms with Gasteiger partial charge in [-0.1, -0.05) is 0 Å². The number of nitrogens with one attached hydrogen (secondary N) is 2. The molecule has 2 saturated heterocycles. The molecule has 2 aliphatic rings. The van der Waals surface area contributed by atoms with Gasteiger partial charge in [-0.15, -0.1) is 0 Å². The number of anilines is 1. The maximum Gasteiger partial charge on any atom is 0.245 e. The fourth-order valence-electron chi connectivity index (χ4n) is 5.47. The Morgan fingerprint density at radius 2 is 2.11 bits per heavy atom. The van der Waals surface area contributed by atoms with Crippen LogP contribution < -0.4 is 11.1 Å². The van der Waals surface area contributed by atoms with Crippen LogP contribution in [0.5, 0.6) is 0 Å². The number of nitrogens with two attached hydrogens (primary N) is 1. The maximum absolute atomic E-state index is 13.3. The summed E-state index contributed by atoms with van der Waals surface area (Å²) >= 11 is 0. The number of fused-ring (bicyclic) bond motifs is 1. The number of hydrogen-bond donors (Lipinski definition) is 4. The summed E-state index contributed by atoms with van der Waals surface area (Å²) in [5.74, 6) is -0.121. The summed E-state index contributed by atoms with van der Waals surface area (Å²) in [5.41, 5.74) is 6.08. The SMILES string of the molecule is CC(=O)N[C@@H](Cc1cnc[nH]1)C(=O)N1CCC2(CC1)C[C@@](C)(O)[C@H](n1cnc3c(N)ncnc31)CO2. The predicted octanol–water partition coefficient (Wildman–Crippen LogP) is -0.0474. The van der Waals surface area contributed by atoms with E-state index in [1.807, 2.05) is 0 Å². The molecule has 2 aliphatic heterocycles. The minimum atomic E-state index is -1.10. The van der Waals surface area contributed by atoms with E-state index in [0.29, 0.717) is 49.9 Å². The first-order chi connectivity index (χ1) is 17.2. The molecule has 0 radical (unpaired) electrons. The second kappa shape index (κ2) is 9.13. The lowest BCUT2D eigenvalue weighted by molar-refractivity contribution is -0.197. The highest BCUT2D eigenvalue weighted by molar-refractivity contribution is 5.87. The van der Waals surface area contributed by atoms with Crippen LogP contribution in [0.25, 0.3) is 11.2 Å². The zero-order valence-corrected chi connectivity index (χ0v) is 20.3. The monoisotopic (exact) mass is 497 g/mol. The number of likely N-dealkylation sites (tertiary alicyclic amines) is 1. The van der Waals surface area contributed by atoms with Crippen molar-refractivity contribution in [3.05, 3.63) is 30.9 Å². The van der Waals surface area contributed by atoms with E-state index in [1.165, 1.54) is 13.3 Å². The van der Waals surface area contributed by atoms with E-state index in [4.69, 9.17) is 10.5 Å². The molecule has 13 nitrogen and oxygen atoms in total. The number of nitrogen functional groups attached to an aromatic ring is 1. The standard InChI is InChI=1S/C23H31N9O4/c1-14(33)30-16(7-15-8-25-11-26-15)21(34)31-5-3-23(4-6-31)10-22(2,35)17(9-36-23)32-13-29-18-19(24)27-12-28-20(18)32/h8,11-13,16-17,35H,3-7,9-10H2,1-2H3,(H,25,26)(H,30,33)(H2,24,27,28)/t16-,17+,22+/m0/s1.